The molecule has 0 saturated carbocycles. The number of hydrogen-bond donors (Lipinski definition) is 2. The van der Waals surface area contributed by atoms with E-state index >= 15 is 0 Å². The van der Waals surface area contributed by atoms with E-state index in [1.54, 1.807) is 50.2 Å². The Kier molecular flexibility index (Phi) is 7.79. The summed E-state index contributed by atoms with van der Waals surface area (Å²) >= 11 is 5.90. The van der Waals surface area contributed by atoms with Crippen LogP contribution in [0.2, 0.25) is 5.02 Å². The van der Waals surface area contributed by atoms with Gasteiger partial charge in [0, 0.05) is 16.3 Å². The topological polar surface area (TPSA) is 84.5 Å². The molecule has 2 aromatic rings. The maximum Gasteiger partial charge on any atom is 0.329 e. The highest BCUT2D eigenvalue weighted by atomic mass is 35.5. The molecule has 0 aliphatic heterocycles. The number of carbonyl (C=O) groups is 3. The van der Waals surface area contributed by atoms with E-state index in [4.69, 9.17) is 16.3 Å². The summed E-state index contributed by atoms with van der Waals surface area (Å²) in [6.45, 7) is 6.87. The molecule has 29 heavy (non-hydrogen) atoms. The zero-order chi connectivity index (χ0) is 21.6. The van der Waals surface area contributed by atoms with Crippen molar-refractivity contribution in [2.75, 3.05) is 5.32 Å². The van der Waals surface area contributed by atoms with Crippen molar-refractivity contribution in [1.82, 2.24) is 5.32 Å². The lowest BCUT2D eigenvalue weighted by atomic mass is 10.0. The summed E-state index contributed by atoms with van der Waals surface area (Å²) < 4.78 is 5.31. The monoisotopic (exact) mass is 416 g/mol. The number of carbonyl (C=O) groups excluding carboxylic acids is 3. The third-order valence-corrected chi connectivity index (χ3v) is 4.59. The Morgan fingerprint density at radius 2 is 1.69 bits per heavy atom. The maximum atomic E-state index is 12.6. The number of hydrogen-bond acceptors (Lipinski definition) is 4. The Morgan fingerprint density at radius 1 is 1.00 bits per heavy atom. The molecule has 0 spiro atoms. The Labute approximate surface area is 175 Å². The second-order valence-electron chi connectivity index (χ2n) is 7.09. The normalized spacial score (nSPS) is 12.8. The summed E-state index contributed by atoms with van der Waals surface area (Å²) in [5.41, 5.74) is 1.78. The lowest BCUT2D eigenvalue weighted by Crippen LogP contribution is -2.47. The number of halogens is 1. The second kappa shape index (κ2) is 10.1. The number of anilines is 1. The standard InChI is InChI=1S/C22H25ClN2O4/c1-13(2)19(25-21(27)18-11-6-5-8-14(18)3)22(28)29-15(4)20(26)24-17-10-7-9-16(23)12-17/h5-13,15,19H,1-4H3,(H,24,26)(H,25,27)/t15-,19-/m0/s1. The minimum absolute atomic E-state index is 0.223. The zero-order valence-electron chi connectivity index (χ0n) is 16.9. The number of aryl methyl sites for hydroxylation is 1. The molecule has 0 radical (unpaired) electrons. The van der Waals surface area contributed by atoms with Crippen molar-refractivity contribution in [1.29, 1.82) is 0 Å². The molecule has 0 unspecified atom stereocenters. The smallest absolute Gasteiger partial charge is 0.329 e. The SMILES string of the molecule is Cc1ccccc1C(=O)N[C@H](C(=O)O[C@@H](C)C(=O)Nc1cccc(Cl)c1)C(C)C. The van der Waals surface area contributed by atoms with E-state index in [1.807, 2.05) is 19.1 Å². The number of ether oxygens (including phenoxy) is 1. The van der Waals surface area contributed by atoms with Gasteiger partial charge in [0.05, 0.1) is 0 Å². The van der Waals surface area contributed by atoms with E-state index in [-0.39, 0.29) is 11.8 Å². The average Bonchev–Trinajstić information content (AvgIpc) is 2.65. The molecule has 0 fully saturated rings. The Morgan fingerprint density at radius 3 is 2.31 bits per heavy atom. The first kappa shape index (κ1) is 22.4. The fourth-order valence-electron chi connectivity index (χ4n) is 2.66. The second-order valence-corrected chi connectivity index (χ2v) is 7.53. The van der Waals surface area contributed by atoms with Gasteiger partial charge >= 0.3 is 5.97 Å². The van der Waals surface area contributed by atoms with Crippen LogP contribution in [-0.4, -0.2) is 29.9 Å². The number of benzene rings is 2. The van der Waals surface area contributed by atoms with Crippen molar-refractivity contribution in [3.8, 4) is 0 Å². The summed E-state index contributed by atoms with van der Waals surface area (Å²) in [4.78, 5) is 37.5. The van der Waals surface area contributed by atoms with Gasteiger partial charge in [-0.05, 0) is 49.6 Å². The van der Waals surface area contributed by atoms with Crippen LogP contribution in [0.15, 0.2) is 48.5 Å². The lowest BCUT2D eigenvalue weighted by Gasteiger charge is -2.23. The van der Waals surface area contributed by atoms with Crippen molar-refractivity contribution >= 4 is 35.1 Å². The predicted molar refractivity (Wildman–Crippen MR) is 113 cm³/mol. The fraction of sp³-hybridized carbons (Fsp3) is 0.318. The first-order chi connectivity index (χ1) is 13.7. The van der Waals surface area contributed by atoms with Crippen LogP contribution in [-0.2, 0) is 14.3 Å². The van der Waals surface area contributed by atoms with Crippen LogP contribution in [0.3, 0.4) is 0 Å². The molecular weight excluding hydrogens is 392 g/mol. The largest absolute Gasteiger partial charge is 0.451 e. The molecule has 0 heterocycles. The summed E-state index contributed by atoms with van der Waals surface area (Å²) in [5.74, 6) is -1.75. The van der Waals surface area contributed by atoms with Crippen LogP contribution in [0, 0.1) is 12.8 Å². The highest BCUT2D eigenvalue weighted by molar-refractivity contribution is 6.30. The van der Waals surface area contributed by atoms with Gasteiger partial charge in [-0.15, -0.1) is 0 Å². The predicted octanol–water partition coefficient (Wildman–Crippen LogP) is 3.97. The van der Waals surface area contributed by atoms with Crippen molar-refractivity contribution in [2.45, 2.75) is 39.8 Å². The fourth-order valence-corrected chi connectivity index (χ4v) is 2.85. The van der Waals surface area contributed by atoms with Crippen LogP contribution < -0.4 is 10.6 Å². The van der Waals surface area contributed by atoms with Gasteiger partial charge in [0.25, 0.3) is 11.8 Å². The van der Waals surface area contributed by atoms with Gasteiger partial charge in [-0.2, -0.15) is 0 Å². The van der Waals surface area contributed by atoms with Gasteiger partial charge in [0.15, 0.2) is 6.10 Å². The highest BCUT2D eigenvalue weighted by Gasteiger charge is 2.29. The molecule has 2 amide bonds. The number of amides is 2. The van der Waals surface area contributed by atoms with Crippen LogP contribution in [0.1, 0.15) is 36.7 Å². The third kappa shape index (κ3) is 6.32. The van der Waals surface area contributed by atoms with E-state index in [9.17, 15) is 14.4 Å². The van der Waals surface area contributed by atoms with Crippen LogP contribution in [0.5, 0.6) is 0 Å². The lowest BCUT2D eigenvalue weighted by molar-refractivity contribution is -0.156. The molecular formula is C22H25ClN2O4. The van der Waals surface area contributed by atoms with E-state index in [0.717, 1.165) is 5.56 Å². The molecule has 0 aliphatic rings. The van der Waals surface area contributed by atoms with Crippen molar-refractivity contribution < 1.29 is 19.1 Å². The summed E-state index contributed by atoms with van der Waals surface area (Å²) in [6.07, 6.45) is -1.04. The van der Waals surface area contributed by atoms with Gasteiger partial charge in [0.1, 0.15) is 6.04 Å². The molecule has 0 aromatic heterocycles. The molecule has 154 valence electrons. The molecule has 2 aromatic carbocycles. The van der Waals surface area contributed by atoms with Gasteiger partial charge < -0.3 is 15.4 Å². The minimum Gasteiger partial charge on any atom is -0.451 e. The number of esters is 1. The van der Waals surface area contributed by atoms with E-state index < -0.39 is 24.0 Å². The van der Waals surface area contributed by atoms with E-state index in [0.29, 0.717) is 16.3 Å². The Balaban J connectivity index is 2.02. The van der Waals surface area contributed by atoms with Crippen molar-refractivity contribution in [3.63, 3.8) is 0 Å². The molecule has 0 bridgehead atoms. The highest BCUT2D eigenvalue weighted by Crippen LogP contribution is 2.16. The first-order valence-corrected chi connectivity index (χ1v) is 9.70. The molecule has 2 N–H and O–H groups in total. The molecule has 0 aliphatic carbocycles. The summed E-state index contributed by atoms with van der Waals surface area (Å²) in [7, 11) is 0. The maximum absolute atomic E-state index is 12.6. The van der Waals surface area contributed by atoms with Gasteiger partial charge in [0.2, 0.25) is 0 Å². The van der Waals surface area contributed by atoms with Gasteiger partial charge in [-0.3, -0.25) is 9.59 Å². The Bertz CT molecular complexity index is 898. The number of nitrogens with one attached hydrogen (secondary N) is 2. The number of rotatable bonds is 7. The van der Waals surface area contributed by atoms with Crippen molar-refractivity contribution in [3.05, 3.63) is 64.7 Å². The summed E-state index contributed by atoms with van der Waals surface area (Å²) in [6, 6.07) is 12.9. The zero-order valence-corrected chi connectivity index (χ0v) is 17.6. The van der Waals surface area contributed by atoms with E-state index in [1.165, 1.54) is 6.92 Å². The van der Waals surface area contributed by atoms with Crippen molar-refractivity contribution in [2.24, 2.45) is 5.92 Å². The third-order valence-electron chi connectivity index (χ3n) is 4.35. The molecule has 2 atom stereocenters. The van der Waals surface area contributed by atoms with Crippen LogP contribution in [0.4, 0.5) is 5.69 Å². The molecule has 0 saturated heterocycles. The van der Waals surface area contributed by atoms with Crippen LogP contribution in [0.25, 0.3) is 0 Å². The van der Waals surface area contributed by atoms with E-state index in [2.05, 4.69) is 10.6 Å². The molecule has 6 nitrogen and oxygen atoms in total. The quantitative estimate of drug-likeness (QED) is 0.669. The molecule has 2 rings (SSSR count). The van der Waals surface area contributed by atoms with Gasteiger partial charge in [-0.25, -0.2) is 4.79 Å². The van der Waals surface area contributed by atoms with Gasteiger partial charge in [-0.1, -0.05) is 49.7 Å². The molecule has 7 heteroatoms. The average molecular weight is 417 g/mol. The van der Waals surface area contributed by atoms with Crippen LogP contribution >= 0.6 is 11.6 Å². The summed E-state index contributed by atoms with van der Waals surface area (Å²) in [5, 5.41) is 5.83. The first-order valence-electron chi connectivity index (χ1n) is 9.32. The minimum atomic E-state index is -1.04. The Hall–Kier alpha value is -2.86.